The Balaban J connectivity index is 2.58. The van der Waals surface area contributed by atoms with E-state index in [0.717, 1.165) is 0 Å². The van der Waals surface area contributed by atoms with Gasteiger partial charge in [0.05, 0.1) is 6.42 Å². The molecule has 1 aliphatic rings. The molecule has 1 fully saturated rings. The smallest absolute Gasteiger partial charge is 0.242 e. The number of hydrazine groups is 1. The highest BCUT2D eigenvalue weighted by molar-refractivity contribution is 5.90. The Hall–Kier alpha value is -1.62. The second kappa shape index (κ2) is 5.31. The lowest BCUT2D eigenvalue weighted by Crippen LogP contribution is -2.45. The molecule has 2 N–H and O–H groups in total. The first-order valence-corrected chi connectivity index (χ1v) is 4.74. The van der Waals surface area contributed by atoms with E-state index in [4.69, 9.17) is 0 Å². The molecule has 5 heteroatoms. The molecule has 0 radical (unpaired) electrons. The van der Waals surface area contributed by atoms with E-state index in [1.54, 1.807) is 17.1 Å². The van der Waals surface area contributed by atoms with Crippen LogP contribution >= 0.6 is 0 Å². The summed E-state index contributed by atoms with van der Waals surface area (Å²) in [6.07, 6.45) is 3.47. The van der Waals surface area contributed by atoms with Crippen LogP contribution in [0.3, 0.4) is 0 Å². The normalized spacial score (nSPS) is 19.5. The lowest BCUT2D eigenvalue weighted by atomic mass is 10.2. The quantitative estimate of drug-likeness (QED) is 0.605. The Morgan fingerprint density at radius 2 is 2.07 bits per heavy atom. The van der Waals surface area contributed by atoms with Crippen molar-refractivity contribution >= 4 is 11.8 Å². The van der Waals surface area contributed by atoms with Crippen molar-refractivity contribution in [2.24, 2.45) is 0 Å². The molecule has 1 heterocycles. The molecule has 1 atom stereocenters. The average molecular weight is 209 g/mol. The van der Waals surface area contributed by atoms with Gasteiger partial charge in [0, 0.05) is 13.1 Å². The molecular formula is C10H15N3O2. The molecule has 5 nitrogen and oxygen atoms in total. The summed E-state index contributed by atoms with van der Waals surface area (Å²) in [6, 6.07) is -0.475. The van der Waals surface area contributed by atoms with Gasteiger partial charge in [0.1, 0.15) is 6.04 Å². The molecule has 82 valence electrons. The van der Waals surface area contributed by atoms with E-state index in [1.165, 1.54) is 0 Å². The molecule has 1 unspecified atom stereocenters. The summed E-state index contributed by atoms with van der Waals surface area (Å²) in [4.78, 5) is 24.3. The highest BCUT2D eigenvalue weighted by atomic mass is 16.2. The zero-order valence-corrected chi connectivity index (χ0v) is 8.53. The Bertz CT molecular complexity index is 278. The van der Waals surface area contributed by atoms with Crippen molar-refractivity contribution in [3.8, 4) is 0 Å². The Labute approximate surface area is 88.8 Å². The van der Waals surface area contributed by atoms with Crippen LogP contribution in [0.5, 0.6) is 0 Å². The van der Waals surface area contributed by atoms with Crippen molar-refractivity contribution in [1.29, 1.82) is 0 Å². The molecule has 0 saturated carbocycles. The van der Waals surface area contributed by atoms with Crippen molar-refractivity contribution in [2.75, 3.05) is 13.1 Å². The van der Waals surface area contributed by atoms with Crippen LogP contribution in [-0.4, -0.2) is 35.8 Å². The summed E-state index contributed by atoms with van der Waals surface area (Å²) in [6.45, 7) is 8.06. The first-order valence-electron chi connectivity index (χ1n) is 4.74. The van der Waals surface area contributed by atoms with Crippen LogP contribution in [0.2, 0.25) is 0 Å². The van der Waals surface area contributed by atoms with Crippen LogP contribution in [0.4, 0.5) is 0 Å². The number of rotatable bonds is 5. The van der Waals surface area contributed by atoms with Crippen molar-refractivity contribution in [2.45, 2.75) is 12.5 Å². The zero-order chi connectivity index (χ0) is 11.3. The molecule has 0 spiro atoms. The second-order valence-electron chi connectivity index (χ2n) is 3.27. The molecule has 2 amide bonds. The van der Waals surface area contributed by atoms with Gasteiger partial charge in [0.15, 0.2) is 0 Å². The summed E-state index contributed by atoms with van der Waals surface area (Å²) in [5, 5.41) is 0. The van der Waals surface area contributed by atoms with Crippen LogP contribution in [0.25, 0.3) is 0 Å². The maximum Gasteiger partial charge on any atom is 0.242 e. The van der Waals surface area contributed by atoms with Gasteiger partial charge in [0.2, 0.25) is 11.8 Å². The number of amides is 2. The second-order valence-corrected chi connectivity index (χ2v) is 3.27. The van der Waals surface area contributed by atoms with Gasteiger partial charge in [-0.3, -0.25) is 15.0 Å². The van der Waals surface area contributed by atoms with Gasteiger partial charge in [-0.25, -0.2) is 5.43 Å². The van der Waals surface area contributed by atoms with Crippen LogP contribution in [-0.2, 0) is 9.59 Å². The van der Waals surface area contributed by atoms with Gasteiger partial charge in [-0.05, 0) is 0 Å². The first kappa shape index (κ1) is 11.5. The summed E-state index contributed by atoms with van der Waals surface area (Å²) in [7, 11) is 0. The van der Waals surface area contributed by atoms with Gasteiger partial charge in [0.25, 0.3) is 0 Å². The molecule has 1 rings (SSSR count). The summed E-state index contributed by atoms with van der Waals surface area (Å²) < 4.78 is 0. The number of carbonyl (C=O) groups is 2. The largest absolute Gasteiger partial charge is 0.334 e. The number of carbonyl (C=O) groups excluding carboxylic acids is 2. The molecule has 1 aliphatic heterocycles. The average Bonchev–Trinajstić information content (AvgIpc) is 2.63. The minimum atomic E-state index is -0.475. The van der Waals surface area contributed by atoms with Crippen molar-refractivity contribution in [3.05, 3.63) is 25.3 Å². The molecular weight excluding hydrogens is 194 g/mol. The maximum absolute atomic E-state index is 11.8. The van der Waals surface area contributed by atoms with Crippen LogP contribution in [0.15, 0.2) is 25.3 Å². The van der Waals surface area contributed by atoms with Crippen LogP contribution in [0, 0.1) is 0 Å². The van der Waals surface area contributed by atoms with E-state index in [2.05, 4.69) is 24.0 Å². The Morgan fingerprint density at radius 3 is 2.47 bits per heavy atom. The number of hydrogen-bond acceptors (Lipinski definition) is 3. The van der Waals surface area contributed by atoms with E-state index in [1.807, 2.05) is 0 Å². The van der Waals surface area contributed by atoms with E-state index < -0.39 is 6.04 Å². The summed E-state index contributed by atoms with van der Waals surface area (Å²) in [5.74, 6) is -0.279. The SMILES string of the molecule is C=CCN(CC=C)C(=O)C1CC(=O)NN1. The van der Waals surface area contributed by atoms with Gasteiger partial charge in [-0.15, -0.1) is 13.2 Å². The lowest BCUT2D eigenvalue weighted by Gasteiger charge is -2.22. The minimum Gasteiger partial charge on any atom is -0.334 e. The molecule has 0 aromatic carbocycles. The van der Waals surface area contributed by atoms with Crippen molar-refractivity contribution < 1.29 is 9.59 Å². The standard InChI is InChI=1S/C10H15N3O2/c1-3-5-13(6-4-2)10(15)8-7-9(14)12-11-8/h3-4,8,11H,1-2,5-7H2,(H,12,14). The van der Waals surface area contributed by atoms with Crippen molar-refractivity contribution in [1.82, 2.24) is 15.8 Å². The van der Waals surface area contributed by atoms with Gasteiger partial charge in [-0.1, -0.05) is 12.2 Å². The van der Waals surface area contributed by atoms with E-state index in [9.17, 15) is 9.59 Å². The maximum atomic E-state index is 11.8. The molecule has 1 saturated heterocycles. The molecule has 0 aliphatic carbocycles. The summed E-state index contributed by atoms with van der Waals surface area (Å²) in [5.41, 5.74) is 5.05. The fourth-order valence-corrected chi connectivity index (χ4v) is 1.39. The fraction of sp³-hybridized carbons (Fsp3) is 0.400. The monoisotopic (exact) mass is 209 g/mol. The van der Waals surface area contributed by atoms with Gasteiger partial charge < -0.3 is 4.90 Å². The summed E-state index contributed by atoms with van der Waals surface area (Å²) >= 11 is 0. The van der Waals surface area contributed by atoms with Gasteiger partial charge >= 0.3 is 0 Å². The molecule has 0 bridgehead atoms. The number of nitrogens with zero attached hydrogens (tertiary/aromatic N) is 1. The number of nitrogens with one attached hydrogen (secondary N) is 2. The van der Waals surface area contributed by atoms with E-state index in [-0.39, 0.29) is 18.2 Å². The third-order valence-electron chi connectivity index (χ3n) is 2.08. The third-order valence-corrected chi connectivity index (χ3v) is 2.08. The zero-order valence-electron chi connectivity index (χ0n) is 8.53. The predicted octanol–water partition coefficient (Wildman–Crippen LogP) is -0.420. The Morgan fingerprint density at radius 1 is 1.47 bits per heavy atom. The van der Waals surface area contributed by atoms with Gasteiger partial charge in [-0.2, -0.15) is 0 Å². The third kappa shape index (κ3) is 2.92. The molecule has 0 aromatic rings. The highest BCUT2D eigenvalue weighted by Crippen LogP contribution is 2.03. The van der Waals surface area contributed by atoms with Crippen LogP contribution in [0.1, 0.15) is 6.42 Å². The minimum absolute atomic E-state index is 0.117. The predicted molar refractivity (Wildman–Crippen MR) is 56.7 cm³/mol. The fourth-order valence-electron chi connectivity index (χ4n) is 1.39. The highest BCUT2D eigenvalue weighted by Gasteiger charge is 2.30. The lowest BCUT2D eigenvalue weighted by molar-refractivity contribution is -0.132. The van der Waals surface area contributed by atoms with Crippen LogP contribution < -0.4 is 10.9 Å². The van der Waals surface area contributed by atoms with E-state index >= 15 is 0 Å². The topological polar surface area (TPSA) is 61.4 Å². The molecule has 15 heavy (non-hydrogen) atoms. The first-order chi connectivity index (χ1) is 7.19. The van der Waals surface area contributed by atoms with E-state index in [0.29, 0.717) is 13.1 Å². The molecule has 0 aromatic heterocycles. The number of hydrogen-bond donors (Lipinski definition) is 2. The Kier molecular flexibility index (Phi) is 4.05. The van der Waals surface area contributed by atoms with Crippen molar-refractivity contribution in [3.63, 3.8) is 0 Å².